The monoisotopic (exact) mass is 360 g/mol. The van der Waals surface area contributed by atoms with E-state index in [0.717, 1.165) is 23.2 Å². The molecule has 0 fully saturated rings. The molecule has 4 nitrogen and oxygen atoms in total. The van der Waals surface area contributed by atoms with Gasteiger partial charge in [-0.05, 0) is 40.0 Å². The first kappa shape index (κ1) is 14.8. The molecule has 3 rings (SSSR count). The predicted octanol–water partition coefficient (Wildman–Crippen LogP) is 4.24. The largest absolute Gasteiger partial charge is 0.265 e. The van der Waals surface area contributed by atoms with E-state index in [9.17, 15) is 4.39 Å². The fourth-order valence-corrected chi connectivity index (χ4v) is 2.69. The molecule has 0 aliphatic rings. The van der Waals surface area contributed by atoms with Gasteiger partial charge >= 0.3 is 0 Å². The van der Waals surface area contributed by atoms with E-state index in [-0.39, 0.29) is 11.9 Å². The van der Waals surface area contributed by atoms with Crippen LogP contribution in [0.5, 0.6) is 0 Å². The normalized spacial score (nSPS) is 12.3. The van der Waals surface area contributed by atoms with Gasteiger partial charge in [0.15, 0.2) is 0 Å². The number of nitrogens with zero attached hydrogens (tertiary/aromatic N) is 4. The molecule has 0 saturated heterocycles. The van der Waals surface area contributed by atoms with Crippen molar-refractivity contribution < 1.29 is 4.39 Å². The maximum atomic E-state index is 13.1. The molecule has 1 atom stereocenters. The second-order valence-electron chi connectivity index (χ2n) is 4.91. The Hall–Kier alpha value is -2.08. The summed E-state index contributed by atoms with van der Waals surface area (Å²) in [6, 6.07) is 6.60. The summed E-state index contributed by atoms with van der Waals surface area (Å²) in [5, 5.41) is 4.43. The van der Waals surface area contributed by atoms with Gasteiger partial charge in [0, 0.05) is 11.8 Å². The Bertz CT molecular complexity index is 770. The average Bonchev–Trinajstić information content (AvgIpc) is 3.00. The van der Waals surface area contributed by atoms with E-state index in [2.05, 4.69) is 37.9 Å². The Labute approximate surface area is 136 Å². The van der Waals surface area contributed by atoms with Crippen LogP contribution in [0.25, 0.3) is 11.3 Å². The highest BCUT2D eigenvalue weighted by atomic mass is 79.9. The smallest absolute Gasteiger partial charge is 0.125 e. The van der Waals surface area contributed by atoms with E-state index >= 15 is 0 Å². The van der Waals surface area contributed by atoms with Crippen molar-refractivity contribution in [1.29, 1.82) is 0 Å². The van der Waals surface area contributed by atoms with E-state index in [1.165, 1.54) is 12.1 Å². The number of aromatic nitrogens is 4. The van der Waals surface area contributed by atoms with Crippen molar-refractivity contribution in [2.45, 2.75) is 19.4 Å². The molecule has 6 heteroatoms. The average molecular weight is 361 g/mol. The first-order valence-electron chi connectivity index (χ1n) is 6.95. The molecule has 0 unspecified atom stereocenters. The van der Waals surface area contributed by atoms with Gasteiger partial charge in [-0.15, -0.1) is 0 Å². The van der Waals surface area contributed by atoms with E-state index in [1.54, 1.807) is 30.7 Å². The molecule has 22 heavy (non-hydrogen) atoms. The van der Waals surface area contributed by atoms with Gasteiger partial charge < -0.3 is 0 Å². The van der Waals surface area contributed by atoms with Crippen LogP contribution in [-0.4, -0.2) is 19.7 Å². The Morgan fingerprint density at radius 2 is 1.95 bits per heavy atom. The number of benzene rings is 1. The summed E-state index contributed by atoms with van der Waals surface area (Å²) < 4.78 is 15.6. The maximum absolute atomic E-state index is 13.1. The molecule has 0 spiro atoms. The second kappa shape index (κ2) is 6.36. The summed E-state index contributed by atoms with van der Waals surface area (Å²) in [6.45, 7) is 2.08. The van der Waals surface area contributed by atoms with Crippen LogP contribution in [0.4, 0.5) is 4.39 Å². The Kier molecular flexibility index (Phi) is 4.29. The Morgan fingerprint density at radius 1 is 1.18 bits per heavy atom. The standard InChI is InChI=1S/C16H14BrFN4/c1-2-15(11-3-5-13(18)6-4-11)22-10-12(7-20-22)14-8-19-9-16(17)21-14/h3-10,15H,2H2,1H3/t15-/m1/s1. The summed E-state index contributed by atoms with van der Waals surface area (Å²) in [5.74, 6) is -0.232. The van der Waals surface area contributed by atoms with Gasteiger partial charge in [0.1, 0.15) is 10.4 Å². The predicted molar refractivity (Wildman–Crippen MR) is 85.8 cm³/mol. The van der Waals surface area contributed by atoms with E-state index in [4.69, 9.17) is 0 Å². The molecule has 0 saturated carbocycles. The third kappa shape index (κ3) is 3.06. The van der Waals surface area contributed by atoms with Gasteiger partial charge in [-0.2, -0.15) is 5.10 Å². The second-order valence-corrected chi connectivity index (χ2v) is 5.72. The van der Waals surface area contributed by atoms with Crippen molar-refractivity contribution in [1.82, 2.24) is 19.7 Å². The molecule has 2 heterocycles. The van der Waals surface area contributed by atoms with Crippen LogP contribution in [0.1, 0.15) is 24.9 Å². The lowest BCUT2D eigenvalue weighted by Gasteiger charge is -2.16. The van der Waals surface area contributed by atoms with Crippen LogP contribution in [0, 0.1) is 5.82 Å². The van der Waals surface area contributed by atoms with Crippen LogP contribution in [-0.2, 0) is 0 Å². The third-order valence-electron chi connectivity index (χ3n) is 3.46. The van der Waals surface area contributed by atoms with Crippen LogP contribution < -0.4 is 0 Å². The summed E-state index contributed by atoms with van der Waals surface area (Å²) in [4.78, 5) is 8.49. The molecule has 1 aromatic carbocycles. The van der Waals surface area contributed by atoms with Gasteiger partial charge in [0.2, 0.25) is 0 Å². The topological polar surface area (TPSA) is 43.6 Å². The lowest BCUT2D eigenvalue weighted by Crippen LogP contribution is -2.10. The number of halogens is 2. The molecule has 0 aliphatic carbocycles. The van der Waals surface area contributed by atoms with Crippen molar-refractivity contribution in [3.63, 3.8) is 0 Å². The maximum Gasteiger partial charge on any atom is 0.125 e. The van der Waals surface area contributed by atoms with Crippen LogP contribution >= 0.6 is 15.9 Å². The van der Waals surface area contributed by atoms with Crippen LogP contribution in [0.2, 0.25) is 0 Å². The molecule has 0 radical (unpaired) electrons. The van der Waals surface area contributed by atoms with E-state index < -0.39 is 0 Å². The van der Waals surface area contributed by atoms with Crippen molar-refractivity contribution in [3.05, 3.63) is 65.0 Å². The quantitative estimate of drug-likeness (QED) is 0.698. The molecule has 0 N–H and O–H groups in total. The van der Waals surface area contributed by atoms with E-state index in [0.29, 0.717) is 4.60 Å². The van der Waals surface area contributed by atoms with Gasteiger partial charge in [-0.1, -0.05) is 19.1 Å². The highest BCUT2D eigenvalue weighted by Crippen LogP contribution is 2.24. The fourth-order valence-electron chi connectivity index (χ4n) is 2.38. The first-order chi connectivity index (χ1) is 10.7. The van der Waals surface area contributed by atoms with Crippen molar-refractivity contribution in [2.24, 2.45) is 0 Å². The molecule has 0 amide bonds. The van der Waals surface area contributed by atoms with Crippen LogP contribution in [0.15, 0.2) is 53.7 Å². The zero-order valence-corrected chi connectivity index (χ0v) is 13.5. The molecule has 2 aromatic heterocycles. The fraction of sp³-hybridized carbons (Fsp3) is 0.188. The summed E-state index contributed by atoms with van der Waals surface area (Å²) in [7, 11) is 0. The highest BCUT2D eigenvalue weighted by molar-refractivity contribution is 9.10. The summed E-state index contributed by atoms with van der Waals surface area (Å²) in [6.07, 6.45) is 7.90. The first-order valence-corrected chi connectivity index (χ1v) is 7.74. The van der Waals surface area contributed by atoms with Crippen molar-refractivity contribution in [3.8, 4) is 11.3 Å². The number of hydrogen-bond acceptors (Lipinski definition) is 3. The zero-order chi connectivity index (χ0) is 15.5. The lowest BCUT2D eigenvalue weighted by molar-refractivity contribution is 0.508. The minimum Gasteiger partial charge on any atom is -0.265 e. The van der Waals surface area contributed by atoms with Crippen molar-refractivity contribution >= 4 is 15.9 Å². The molecular formula is C16H14BrFN4. The minimum absolute atomic E-state index is 0.0643. The summed E-state index contributed by atoms with van der Waals surface area (Å²) in [5.41, 5.74) is 2.68. The zero-order valence-electron chi connectivity index (χ0n) is 11.9. The number of rotatable bonds is 4. The molecule has 0 aliphatic heterocycles. The van der Waals surface area contributed by atoms with E-state index in [1.807, 2.05) is 10.9 Å². The summed E-state index contributed by atoms with van der Waals surface area (Å²) >= 11 is 3.32. The third-order valence-corrected chi connectivity index (χ3v) is 3.85. The molecule has 0 bridgehead atoms. The lowest BCUT2D eigenvalue weighted by atomic mass is 10.0. The van der Waals surface area contributed by atoms with Gasteiger partial charge in [-0.25, -0.2) is 9.37 Å². The van der Waals surface area contributed by atoms with Gasteiger partial charge in [0.25, 0.3) is 0 Å². The highest BCUT2D eigenvalue weighted by Gasteiger charge is 2.14. The SMILES string of the molecule is CC[C@H](c1ccc(F)cc1)n1cc(-c2cncc(Br)n2)cn1. The Morgan fingerprint density at radius 3 is 2.64 bits per heavy atom. The van der Waals surface area contributed by atoms with Crippen LogP contribution in [0.3, 0.4) is 0 Å². The van der Waals surface area contributed by atoms with Gasteiger partial charge in [0.05, 0.1) is 30.3 Å². The molecular weight excluding hydrogens is 347 g/mol. The Balaban J connectivity index is 1.93. The number of hydrogen-bond donors (Lipinski definition) is 0. The van der Waals surface area contributed by atoms with Gasteiger partial charge in [-0.3, -0.25) is 9.67 Å². The molecule has 3 aromatic rings. The van der Waals surface area contributed by atoms with Crippen molar-refractivity contribution in [2.75, 3.05) is 0 Å². The molecule has 112 valence electrons. The minimum atomic E-state index is -0.232.